The van der Waals surface area contributed by atoms with E-state index < -0.39 is 0 Å². The molecule has 358 valence electrons. The summed E-state index contributed by atoms with van der Waals surface area (Å²) < 4.78 is 5.94. The molecule has 1 atom stereocenters. The number of carbonyl (C=O) groups is 2. The van der Waals surface area contributed by atoms with Crippen molar-refractivity contribution in [3.8, 4) is 11.1 Å². The van der Waals surface area contributed by atoms with Gasteiger partial charge in [-0.2, -0.15) is 4.98 Å². The van der Waals surface area contributed by atoms with Gasteiger partial charge in [0.2, 0.25) is 18.3 Å². The van der Waals surface area contributed by atoms with Crippen molar-refractivity contribution in [2.24, 2.45) is 13.0 Å². The fraction of sp³-hybridized carbons (Fsp3) is 0.604. The summed E-state index contributed by atoms with van der Waals surface area (Å²) in [6, 6.07) is 16.5. The van der Waals surface area contributed by atoms with Gasteiger partial charge in [0.25, 0.3) is 0 Å². The van der Waals surface area contributed by atoms with Crippen LogP contribution in [-0.2, 0) is 29.7 Å². The molecule has 2 aliphatic heterocycles. The van der Waals surface area contributed by atoms with Crippen molar-refractivity contribution < 1.29 is 9.59 Å². The number of imidazole rings is 1. The molecule has 1 aliphatic carbocycles. The third-order valence-corrected chi connectivity index (χ3v) is 14.9. The maximum absolute atomic E-state index is 13.2. The van der Waals surface area contributed by atoms with E-state index in [4.69, 9.17) is 9.97 Å². The topological polar surface area (TPSA) is 126 Å². The molecule has 66 heavy (non-hydrogen) atoms. The van der Waals surface area contributed by atoms with E-state index in [0.29, 0.717) is 30.8 Å². The first-order chi connectivity index (χ1) is 32.1. The lowest BCUT2D eigenvalue weighted by molar-refractivity contribution is -0.125. The van der Waals surface area contributed by atoms with Gasteiger partial charge in [-0.05, 0) is 86.9 Å². The number of rotatable bonds is 18. The number of benzene rings is 2. The molecule has 0 bridgehead atoms. The number of aryl methyl sites for hydroxylation is 1. The quantitative estimate of drug-likeness (QED) is 0.0828. The number of nitrogens with zero attached hydrogens (tertiary/aromatic N) is 8. The molecule has 2 N–H and O–H groups in total. The predicted molar refractivity (Wildman–Crippen MR) is 269 cm³/mol. The smallest absolute Gasteiger partial charge is 0.329 e. The number of hydrogen-bond acceptors (Lipinski definition) is 9. The molecular weight excluding hydrogens is 825 g/mol. The number of piperazine rings is 1. The lowest BCUT2D eigenvalue weighted by Gasteiger charge is -2.43. The lowest BCUT2D eigenvalue weighted by Crippen LogP contribution is -2.52. The van der Waals surface area contributed by atoms with Gasteiger partial charge >= 0.3 is 5.69 Å². The van der Waals surface area contributed by atoms with Crippen molar-refractivity contribution >= 4 is 40.3 Å². The molecule has 13 nitrogen and oxygen atoms in total. The van der Waals surface area contributed by atoms with Crippen LogP contribution in [0.15, 0.2) is 59.7 Å². The highest BCUT2D eigenvalue weighted by molar-refractivity contribution is 5.94. The second-order valence-corrected chi connectivity index (χ2v) is 19.4. The molecule has 2 saturated heterocycles. The highest BCUT2D eigenvalue weighted by atomic mass is 16.2. The predicted octanol–water partition coefficient (Wildman–Crippen LogP) is 9.31. The van der Waals surface area contributed by atoms with E-state index in [1.54, 1.807) is 9.13 Å². The second kappa shape index (κ2) is 23.7. The minimum atomic E-state index is -0.331. The molecule has 2 amide bonds. The number of amides is 2. The molecule has 8 rings (SSSR count). The first kappa shape index (κ1) is 49.1. The zero-order valence-electron chi connectivity index (χ0n) is 40.9. The van der Waals surface area contributed by atoms with Gasteiger partial charge in [0, 0.05) is 101 Å². The zero-order valence-corrected chi connectivity index (χ0v) is 40.9. The number of likely N-dealkylation sites (tertiary alicyclic amines) is 1. The minimum absolute atomic E-state index is 0.0885. The van der Waals surface area contributed by atoms with Crippen LogP contribution in [0.4, 0.5) is 5.95 Å². The van der Waals surface area contributed by atoms with Crippen molar-refractivity contribution in [2.45, 2.75) is 149 Å². The molecule has 1 saturated carbocycles. The van der Waals surface area contributed by atoms with Crippen LogP contribution in [0.25, 0.3) is 33.2 Å². The Labute approximate surface area is 393 Å². The number of imide groups is 1. The van der Waals surface area contributed by atoms with E-state index in [1.165, 1.54) is 80.0 Å². The zero-order chi connectivity index (χ0) is 46.6. The number of nitrogens with one attached hydrogen (secondary N) is 2. The summed E-state index contributed by atoms with van der Waals surface area (Å²) in [5.41, 5.74) is 7.79. The summed E-state index contributed by atoms with van der Waals surface area (Å²) in [6.07, 6.45) is 19.1. The van der Waals surface area contributed by atoms with Gasteiger partial charge in [-0.1, -0.05) is 103 Å². The fourth-order valence-corrected chi connectivity index (χ4v) is 10.4. The van der Waals surface area contributed by atoms with Crippen LogP contribution in [0.1, 0.15) is 141 Å². The summed E-state index contributed by atoms with van der Waals surface area (Å²) in [5.74, 6) is 1.04. The van der Waals surface area contributed by atoms with Gasteiger partial charge < -0.3 is 9.88 Å². The Hall–Kier alpha value is -4.85. The fourth-order valence-electron chi connectivity index (χ4n) is 10.4. The van der Waals surface area contributed by atoms with Crippen LogP contribution < -0.4 is 16.3 Å². The molecule has 5 heterocycles. The molecule has 1 unspecified atom stereocenters. The lowest BCUT2D eigenvalue weighted by atomic mass is 9.95. The Balaban J connectivity index is 0.00000156. The summed E-state index contributed by atoms with van der Waals surface area (Å²) in [4.78, 5) is 53.5. The molecule has 0 radical (unpaired) electrons. The number of unbranched alkanes of at least 4 members (excludes halogenated alkanes) is 1. The molecule has 3 aliphatic rings. The maximum atomic E-state index is 13.2. The average molecular weight is 903 g/mol. The van der Waals surface area contributed by atoms with E-state index >= 15 is 0 Å². The van der Waals surface area contributed by atoms with Crippen LogP contribution in [0.3, 0.4) is 0 Å². The summed E-state index contributed by atoms with van der Waals surface area (Å²) >= 11 is 0. The number of fused-ring (bicyclic) bond motifs is 2. The Morgan fingerprint density at radius 1 is 0.818 bits per heavy atom. The summed E-state index contributed by atoms with van der Waals surface area (Å²) in [5, 5.41) is 6.87. The highest BCUT2D eigenvalue weighted by Gasteiger charge is 2.28. The Morgan fingerprint density at radius 3 is 2.15 bits per heavy atom. The Bertz CT molecular complexity index is 2370. The van der Waals surface area contributed by atoms with Crippen LogP contribution in [0.5, 0.6) is 0 Å². The van der Waals surface area contributed by atoms with E-state index in [1.807, 2.05) is 26.2 Å². The number of anilines is 1. The van der Waals surface area contributed by atoms with Crippen LogP contribution >= 0.6 is 0 Å². The van der Waals surface area contributed by atoms with Crippen molar-refractivity contribution in [3.63, 3.8) is 0 Å². The largest absolute Gasteiger partial charge is 0.354 e. The first-order valence-corrected chi connectivity index (χ1v) is 25.5. The first-order valence-electron chi connectivity index (χ1n) is 25.5. The maximum Gasteiger partial charge on any atom is 0.329 e. The molecule has 13 heteroatoms. The normalized spacial score (nSPS) is 17.6. The van der Waals surface area contributed by atoms with Crippen molar-refractivity contribution in [1.29, 1.82) is 0 Å². The van der Waals surface area contributed by atoms with Gasteiger partial charge in [0.15, 0.2) is 0 Å². The summed E-state index contributed by atoms with van der Waals surface area (Å²) in [7, 11) is 1.81. The van der Waals surface area contributed by atoms with Crippen molar-refractivity contribution in [2.75, 3.05) is 51.1 Å². The van der Waals surface area contributed by atoms with E-state index in [9.17, 15) is 14.4 Å². The second-order valence-electron chi connectivity index (χ2n) is 19.4. The SMILES string of the molecule is CCC(CC)CNc1ncc2c(-c3ccc(CN4CCN(C5CCN(Cc6ccc7c(c6)n(C)c(=O)n7C(C)CCC(=O)NC=O)CC5)CC4)cc3)cn(C3CCCCC3)c2n1.CCCC. The van der Waals surface area contributed by atoms with E-state index in [0.717, 1.165) is 99.8 Å². The monoisotopic (exact) mass is 903 g/mol. The molecule has 3 aromatic heterocycles. The van der Waals surface area contributed by atoms with Crippen molar-refractivity contribution in [3.05, 3.63) is 76.5 Å². The molecule has 0 spiro atoms. The minimum Gasteiger partial charge on any atom is -0.354 e. The van der Waals surface area contributed by atoms with E-state index in [2.05, 4.69) is 100 Å². The van der Waals surface area contributed by atoms with Gasteiger partial charge in [-0.3, -0.25) is 38.7 Å². The number of piperidine rings is 1. The van der Waals surface area contributed by atoms with Gasteiger partial charge in [-0.15, -0.1) is 0 Å². The average Bonchev–Trinajstić information content (AvgIpc) is 3.85. The summed E-state index contributed by atoms with van der Waals surface area (Å²) in [6.45, 7) is 20.1. The van der Waals surface area contributed by atoms with Gasteiger partial charge in [-0.25, -0.2) is 9.78 Å². The number of carbonyl (C=O) groups excluding carboxylic acids is 2. The van der Waals surface area contributed by atoms with Gasteiger partial charge in [0.1, 0.15) is 5.65 Å². The molecular formula is C53H78N10O3. The number of hydrogen-bond donors (Lipinski definition) is 2. The standard InChI is InChI=1S/C49H68N10O3.C4H10/c1-5-36(6-2)29-50-48-51-30-42-43(33-58(47(42)53-48)41-10-8-7-9-11-41)39-16-13-37(14-17-39)31-56-24-26-57(27-25-56)40-20-22-55(23-21-40)32-38-15-18-44-45(28-38)54(4)49(62)59(44)35(3)12-19-46(61)52-34-60;1-3-4-2/h13-18,28,30,33-36,40-41H,5-12,19-27,29,31-32H2,1-4H3,(H,50,51,53)(H,52,60,61);3-4H2,1-2H3. The van der Waals surface area contributed by atoms with E-state index in [-0.39, 0.29) is 24.1 Å². The van der Waals surface area contributed by atoms with Crippen LogP contribution in [0, 0.1) is 5.92 Å². The van der Waals surface area contributed by atoms with Gasteiger partial charge in [0.05, 0.1) is 11.0 Å². The third-order valence-electron chi connectivity index (χ3n) is 14.9. The molecule has 5 aromatic rings. The highest BCUT2D eigenvalue weighted by Crippen LogP contribution is 2.37. The third kappa shape index (κ3) is 12.0. The molecule has 3 fully saturated rings. The number of aromatic nitrogens is 5. The molecule has 2 aromatic carbocycles. The van der Waals surface area contributed by atoms with Crippen molar-refractivity contribution in [1.82, 2.24) is 43.7 Å². The van der Waals surface area contributed by atoms with Crippen LogP contribution in [0.2, 0.25) is 0 Å². The Morgan fingerprint density at radius 2 is 1.48 bits per heavy atom. The Kier molecular flexibility index (Phi) is 17.6. The van der Waals surface area contributed by atoms with Crippen LogP contribution in [-0.4, -0.2) is 103 Å².